The largest absolute Gasteiger partial charge is 0.497 e. The number of nitrogens with zero attached hydrogens (tertiary/aromatic N) is 2. The monoisotopic (exact) mass is 333 g/mol. The maximum Gasteiger partial charge on any atom is 0.224 e. The third kappa shape index (κ3) is 3.58. The normalized spacial score (nSPS) is 18.2. The number of benzene rings is 1. The Morgan fingerprint density at radius 2 is 2.39 bits per heavy atom. The summed E-state index contributed by atoms with van der Waals surface area (Å²) in [5.74, 6) is 1.10. The van der Waals surface area contributed by atoms with Crippen LogP contribution in [0.15, 0.2) is 18.2 Å². The van der Waals surface area contributed by atoms with Gasteiger partial charge in [-0.25, -0.2) is 4.98 Å². The third-order valence-corrected chi connectivity index (χ3v) is 5.28. The molecule has 0 bridgehead atoms. The molecule has 3 rings (SSSR count). The minimum atomic E-state index is 0.0665. The van der Waals surface area contributed by atoms with Crippen LogP contribution in [-0.2, 0) is 4.79 Å². The van der Waals surface area contributed by atoms with Gasteiger partial charge in [0.25, 0.3) is 0 Å². The highest BCUT2D eigenvalue weighted by atomic mass is 32.1. The molecule has 1 fully saturated rings. The van der Waals surface area contributed by atoms with Crippen LogP contribution in [0.25, 0.3) is 10.2 Å². The van der Waals surface area contributed by atoms with Gasteiger partial charge in [-0.15, -0.1) is 0 Å². The molecule has 23 heavy (non-hydrogen) atoms. The summed E-state index contributed by atoms with van der Waals surface area (Å²) in [6, 6.07) is 5.94. The van der Waals surface area contributed by atoms with Crippen molar-refractivity contribution in [3.63, 3.8) is 0 Å². The number of carbonyl (C=O) groups excluding carboxylic acids is 1. The maximum atomic E-state index is 12.2. The number of carbonyl (C=O) groups is 1. The minimum absolute atomic E-state index is 0.0665. The molecule has 2 aromatic rings. The molecular formula is C17H23N3O2S. The molecule has 1 N–H and O–H groups in total. The minimum Gasteiger partial charge on any atom is -0.497 e. The van der Waals surface area contributed by atoms with Gasteiger partial charge in [0.2, 0.25) is 5.91 Å². The summed E-state index contributed by atoms with van der Waals surface area (Å²) < 4.78 is 6.40. The molecule has 0 spiro atoms. The lowest BCUT2D eigenvalue weighted by Gasteiger charge is -2.31. The Bertz CT molecular complexity index is 686. The number of piperidine rings is 1. The molecule has 1 aliphatic heterocycles. The zero-order valence-electron chi connectivity index (χ0n) is 13.7. The molecule has 0 radical (unpaired) electrons. The number of aromatic nitrogens is 1. The van der Waals surface area contributed by atoms with E-state index >= 15 is 0 Å². The Hall–Kier alpha value is -1.82. The highest BCUT2D eigenvalue weighted by molar-refractivity contribution is 7.22. The van der Waals surface area contributed by atoms with Crippen LogP contribution in [0.2, 0.25) is 0 Å². The van der Waals surface area contributed by atoms with Gasteiger partial charge < -0.3 is 15.0 Å². The van der Waals surface area contributed by atoms with Crippen molar-refractivity contribution in [3.8, 4) is 5.75 Å². The van der Waals surface area contributed by atoms with Crippen LogP contribution in [-0.4, -0.2) is 37.6 Å². The van der Waals surface area contributed by atoms with E-state index in [1.165, 1.54) is 0 Å². The molecule has 1 atom stereocenters. The van der Waals surface area contributed by atoms with E-state index in [1.54, 1.807) is 18.4 Å². The van der Waals surface area contributed by atoms with Crippen molar-refractivity contribution in [1.82, 2.24) is 10.3 Å². The van der Waals surface area contributed by atoms with Crippen molar-refractivity contribution >= 4 is 32.6 Å². The van der Waals surface area contributed by atoms with E-state index in [-0.39, 0.29) is 11.8 Å². The highest BCUT2D eigenvalue weighted by Crippen LogP contribution is 2.33. The summed E-state index contributed by atoms with van der Waals surface area (Å²) in [6.45, 7) is 4.56. The van der Waals surface area contributed by atoms with E-state index in [0.29, 0.717) is 0 Å². The van der Waals surface area contributed by atoms with Crippen molar-refractivity contribution < 1.29 is 9.53 Å². The highest BCUT2D eigenvalue weighted by Gasteiger charge is 2.27. The molecule has 124 valence electrons. The first kappa shape index (κ1) is 16.1. The average Bonchev–Trinajstić information content (AvgIpc) is 3.02. The van der Waals surface area contributed by atoms with Crippen LogP contribution in [0.3, 0.4) is 0 Å². The van der Waals surface area contributed by atoms with Gasteiger partial charge in [-0.05, 0) is 37.5 Å². The Morgan fingerprint density at radius 3 is 3.17 bits per heavy atom. The Balaban J connectivity index is 1.74. The van der Waals surface area contributed by atoms with Crippen molar-refractivity contribution in [3.05, 3.63) is 18.2 Å². The van der Waals surface area contributed by atoms with Crippen LogP contribution in [0.5, 0.6) is 5.75 Å². The van der Waals surface area contributed by atoms with Crippen LogP contribution in [0.4, 0.5) is 5.13 Å². The lowest BCUT2D eigenvalue weighted by atomic mass is 9.97. The zero-order chi connectivity index (χ0) is 16.2. The second kappa shape index (κ2) is 7.17. The van der Waals surface area contributed by atoms with Gasteiger partial charge in [0, 0.05) is 19.6 Å². The van der Waals surface area contributed by atoms with E-state index in [9.17, 15) is 4.79 Å². The molecule has 1 aliphatic rings. The number of rotatable bonds is 5. The van der Waals surface area contributed by atoms with Gasteiger partial charge >= 0.3 is 0 Å². The fraction of sp³-hybridized carbons (Fsp3) is 0.529. The zero-order valence-corrected chi connectivity index (χ0v) is 14.5. The molecule has 1 saturated heterocycles. The molecule has 1 aromatic heterocycles. The van der Waals surface area contributed by atoms with Crippen molar-refractivity contribution in [2.45, 2.75) is 26.2 Å². The number of amides is 1. The predicted octanol–water partition coefficient (Wildman–Crippen LogP) is 3.05. The number of thiazole rings is 1. The molecule has 0 aliphatic carbocycles. The van der Waals surface area contributed by atoms with Gasteiger partial charge in [-0.3, -0.25) is 4.79 Å². The summed E-state index contributed by atoms with van der Waals surface area (Å²) in [6.07, 6.45) is 2.97. The number of hydrogen-bond acceptors (Lipinski definition) is 5. The van der Waals surface area contributed by atoms with Gasteiger partial charge in [0.05, 0.1) is 23.2 Å². The fourth-order valence-corrected chi connectivity index (χ4v) is 3.94. The summed E-state index contributed by atoms with van der Waals surface area (Å²) >= 11 is 1.67. The smallest absolute Gasteiger partial charge is 0.224 e. The fourth-order valence-electron chi connectivity index (χ4n) is 2.91. The molecule has 1 aromatic carbocycles. The van der Waals surface area contributed by atoms with E-state index in [1.807, 2.05) is 18.2 Å². The molecule has 6 heteroatoms. The first-order valence-corrected chi connectivity index (χ1v) is 9.00. The van der Waals surface area contributed by atoms with E-state index in [4.69, 9.17) is 9.72 Å². The lowest BCUT2D eigenvalue weighted by Crippen LogP contribution is -2.43. The van der Waals surface area contributed by atoms with Gasteiger partial charge in [-0.1, -0.05) is 18.3 Å². The Morgan fingerprint density at radius 1 is 1.52 bits per heavy atom. The quantitative estimate of drug-likeness (QED) is 0.914. The summed E-state index contributed by atoms with van der Waals surface area (Å²) in [7, 11) is 1.67. The predicted molar refractivity (Wildman–Crippen MR) is 94.4 cm³/mol. The number of fused-ring (bicyclic) bond motifs is 1. The summed E-state index contributed by atoms with van der Waals surface area (Å²) in [5, 5.41) is 4.02. The first-order valence-electron chi connectivity index (χ1n) is 8.18. The summed E-state index contributed by atoms with van der Waals surface area (Å²) in [5.41, 5.74) is 0.989. The van der Waals surface area contributed by atoms with Gasteiger partial charge in [-0.2, -0.15) is 0 Å². The number of nitrogens with one attached hydrogen (secondary N) is 1. The van der Waals surface area contributed by atoms with Crippen LogP contribution < -0.4 is 15.0 Å². The molecule has 1 amide bonds. The number of ether oxygens (including phenoxy) is 1. The van der Waals surface area contributed by atoms with E-state index in [2.05, 4.69) is 17.1 Å². The van der Waals surface area contributed by atoms with E-state index in [0.717, 1.165) is 60.0 Å². The molecule has 0 saturated carbocycles. The summed E-state index contributed by atoms with van der Waals surface area (Å²) in [4.78, 5) is 19.2. The van der Waals surface area contributed by atoms with Gasteiger partial charge in [0.15, 0.2) is 5.13 Å². The Kier molecular flexibility index (Phi) is 5.00. The number of anilines is 1. The maximum absolute atomic E-state index is 12.2. The van der Waals surface area contributed by atoms with Gasteiger partial charge in [0.1, 0.15) is 5.75 Å². The van der Waals surface area contributed by atoms with Crippen LogP contribution in [0, 0.1) is 5.92 Å². The first-order chi connectivity index (χ1) is 11.2. The molecule has 5 nitrogen and oxygen atoms in total. The average molecular weight is 333 g/mol. The molecular weight excluding hydrogens is 310 g/mol. The van der Waals surface area contributed by atoms with Crippen molar-refractivity contribution in [2.24, 2.45) is 5.92 Å². The third-order valence-electron chi connectivity index (χ3n) is 4.20. The Labute approximate surface area is 140 Å². The standard InChI is InChI=1S/C17H23N3O2S/c1-3-8-18-16(21)12-5-4-9-20(11-12)17-19-14-7-6-13(22-2)10-15(14)23-17/h6-7,10,12H,3-5,8-9,11H2,1-2H3,(H,18,21)/t12-/m1/s1. The molecule has 0 unspecified atom stereocenters. The van der Waals surface area contributed by atoms with E-state index < -0.39 is 0 Å². The lowest BCUT2D eigenvalue weighted by molar-refractivity contribution is -0.125. The topological polar surface area (TPSA) is 54.5 Å². The van der Waals surface area contributed by atoms with Crippen molar-refractivity contribution in [2.75, 3.05) is 31.6 Å². The van der Waals surface area contributed by atoms with Crippen molar-refractivity contribution in [1.29, 1.82) is 0 Å². The SMILES string of the molecule is CCCNC(=O)[C@@H]1CCCN(c2nc3ccc(OC)cc3s2)C1. The van der Waals surface area contributed by atoms with Crippen LogP contribution >= 0.6 is 11.3 Å². The second-order valence-corrected chi connectivity index (χ2v) is 6.92. The number of methoxy groups -OCH3 is 1. The number of hydrogen-bond donors (Lipinski definition) is 1. The molecule has 2 heterocycles. The van der Waals surface area contributed by atoms with Crippen LogP contribution in [0.1, 0.15) is 26.2 Å². The second-order valence-electron chi connectivity index (χ2n) is 5.91.